The molecule has 0 atom stereocenters. The number of aliphatic hydroxyl groups is 1. The number of hydrogen-bond donors (Lipinski definition) is 1. The molecule has 4 heteroatoms. The largest absolute Gasteiger partial charge is 0.494 e. The Balaban J connectivity index is 1.43. The molecule has 32 heavy (non-hydrogen) atoms. The molecule has 0 amide bonds. The topological polar surface area (TPSA) is 55.8 Å². The average molecular weight is 439 g/mol. The molecule has 0 radical (unpaired) electrons. The summed E-state index contributed by atoms with van der Waals surface area (Å²) in [6.07, 6.45) is 11.7. The van der Waals surface area contributed by atoms with Gasteiger partial charge in [0.1, 0.15) is 11.5 Å². The molecular weight excluding hydrogens is 400 g/mol. The van der Waals surface area contributed by atoms with Crippen molar-refractivity contribution in [2.75, 3.05) is 13.2 Å². The number of aliphatic hydroxyl groups excluding tert-OH is 1. The Labute approximate surface area is 193 Å². The number of carbonyl (C=O) groups excluding carboxylic acids is 1. The molecule has 2 aromatic carbocycles. The van der Waals surface area contributed by atoms with E-state index in [-0.39, 0.29) is 12.6 Å². The molecule has 0 heterocycles. The summed E-state index contributed by atoms with van der Waals surface area (Å²) in [6.45, 7) is 3.17. The van der Waals surface area contributed by atoms with Crippen LogP contribution in [0.25, 0.3) is 0 Å². The van der Waals surface area contributed by atoms with Gasteiger partial charge in [-0.1, -0.05) is 38.3 Å². The zero-order chi connectivity index (χ0) is 22.6. The van der Waals surface area contributed by atoms with Gasteiger partial charge in [-0.3, -0.25) is 0 Å². The summed E-state index contributed by atoms with van der Waals surface area (Å²) in [5, 5.41) is 8.78. The van der Waals surface area contributed by atoms with Crippen molar-refractivity contribution >= 4 is 5.97 Å². The second-order valence-corrected chi connectivity index (χ2v) is 8.98. The number of benzene rings is 2. The van der Waals surface area contributed by atoms with Crippen LogP contribution in [0.1, 0.15) is 93.0 Å². The van der Waals surface area contributed by atoms with Crippen LogP contribution in [0.15, 0.2) is 48.5 Å². The summed E-state index contributed by atoms with van der Waals surface area (Å²) in [6, 6.07) is 15.2. The van der Waals surface area contributed by atoms with Crippen LogP contribution in [0, 0.1) is 5.92 Å². The van der Waals surface area contributed by atoms with E-state index < -0.39 is 0 Å². The van der Waals surface area contributed by atoms with Crippen LogP contribution in [0.2, 0.25) is 0 Å². The lowest BCUT2D eigenvalue weighted by Gasteiger charge is -2.28. The van der Waals surface area contributed by atoms with Crippen molar-refractivity contribution in [1.82, 2.24) is 0 Å². The fraction of sp³-hybridized carbons (Fsp3) is 0.536. The van der Waals surface area contributed by atoms with Gasteiger partial charge in [-0.2, -0.15) is 0 Å². The molecule has 1 aliphatic carbocycles. The number of hydrogen-bond acceptors (Lipinski definition) is 4. The predicted octanol–water partition coefficient (Wildman–Crippen LogP) is 6.91. The number of carbonyl (C=O) groups is 1. The zero-order valence-corrected chi connectivity index (χ0v) is 19.4. The van der Waals surface area contributed by atoms with Gasteiger partial charge in [0.05, 0.1) is 12.2 Å². The molecule has 2 aromatic rings. The Morgan fingerprint density at radius 2 is 1.53 bits per heavy atom. The van der Waals surface area contributed by atoms with Gasteiger partial charge in [-0.25, -0.2) is 4.79 Å². The van der Waals surface area contributed by atoms with Gasteiger partial charge in [-0.15, -0.1) is 0 Å². The molecule has 0 bridgehead atoms. The quantitative estimate of drug-likeness (QED) is 0.222. The van der Waals surface area contributed by atoms with Crippen molar-refractivity contribution in [3.8, 4) is 11.5 Å². The van der Waals surface area contributed by atoms with Crippen LogP contribution in [-0.2, 0) is 0 Å². The third-order valence-corrected chi connectivity index (χ3v) is 6.52. The van der Waals surface area contributed by atoms with Crippen LogP contribution in [0.3, 0.4) is 0 Å². The normalized spacial score (nSPS) is 18.3. The molecule has 1 aliphatic rings. The maximum atomic E-state index is 12.5. The van der Waals surface area contributed by atoms with Crippen LogP contribution >= 0.6 is 0 Å². The van der Waals surface area contributed by atoms with E-state index in [4.69, 9.17) is 14.6 Å². The number of esters is 1. The molecule has 0 spiro atoms. The molecule has 1 saturated carbocycles. The first-order valence-corrected chi connectivity index (χ1v) is 12.4. The third-order valence-electron chi connectivity index (χ3n) is 6.52. The standard InChI is InChI=1S/C28H38O4/c1-2-7-22-8-10-23(11-9-22)24-12-18-27(19-13-24)32-28(30)25-14-16-26(17-15-25)31-21-6-4-3-5-20-29/h12-19,22-23,29H,2-11,20-21H2,1H3. The monoisotopic (exact) mass is 438 g/mol. The lowest BCUT2D eigenvalue weighted by Crippen LogP contribution is -2.13. The van der Waals surface area contributed by atoms with Gasteiger partial charge >= 0.3 is 5.97 Å². The number of ether oxygens (including phenoxy) is 2. The minimum absolute atomic E-state index is 0.253. The summed E-state index contributed by atoms with van der Waals surface area (Å²) in [7, 11) is 0. The van der Waals surface area contributed by atoms with Gasteiger partial charge in [0.2, 0.25) is 0 Å². The van der Waals surface area contributed by atoms with E-state index in [2.05, 4.69) is 19.1 Å². The fourth-order valence-corrected chi connectivity index (χ4v) is 4.61. The highest BCUT2D eigenvalue weighted by atomic mass is 16.5. The van der Waals surface area contributed by atoms with Crippen LogP contribution in [0.5, 0.6) is 11.5 Å². The summed E-state index contributed by atoms with van der Waals surface area (Å²) in [5.74, 6) is 2.52. The second kappa shape index (κ2) is 13.3. The van der Waals surface area contributed by atoms with E-state index in [0.717, 1.165) is 37.4 Å². The second-order valence-electron chi connectivity index (χ2n) is 8.98. The molecule has 174 valence electrons. The molecule has 0 unspecified atom stereocenters. The highest BCUT2D eigenvalue weighted by Gasteiger charge is 2.21. The first-order chi connectivity index (χ1) is 15.7. The first-order valence-electron chi connectivity index (χ1n) is 12.4. The smallest absolute Gasteiger partial charge is 0.343 e. The van der Waals surface area contributed by atoms with Crippen LogP contribution in [-0.4, -0.2) is 24.3 Å². The first kappa shape index (κ1) is 24.3. The van der Waals surface area contributed by atoms with E-state index in [0.29, 0.717) is 23.8 Å². The zero-order valence-electron chi connectivity index (χ0n) is 19.4. The molecule has 1 fully saturated rings. The van der Waals surface area contributed by atoms with Crippen molar-refractivity contribution in [2.24, 2.45) is 5.92 Å². The third kappa shape index (κ3) is 7.67. The van der Waals surface area contributed by atoms with E-state index in [1.165, 1.54) is 44.1 Å². The molecule has 0 saturated heterocycles. The Kier molecular flexibility index (Phi) is 10.1. The van der Waals surface area contributed by atoms with Gasteiger partial charge in [0, 0.05) is 6.61 Å². The van der Waals surface area contributed by atoms with E-state index in [1.807, 2.05) is 24.3 Å². The van der Waals surface area contributed by atoms with E-state index >= 15 is 0 Å². The SMILES string of the molecule is CCCC1CCC(c2ccc(OC(=O)c3ccc(OCCCCCCO)cc3)cc2)CC1. The number of rotatable bonds is 12. The summed E-state index contributed by atoms with van der Waals surface area (Å²) in [4.78, 5) is 12.5. The molecule has 0 aromatic heterocycles. The van der Waals surface area contributed by atoms with Crippen molar-refractivity contribution in [2.45, 2.75) is 77.0 Å². The Morgan fingerprint density at radius 1 is 0.875 bits per heavy atom. The minimum atomic E-state index is -0.353. The summed E-state index contributed by atoms with van der Waals surface area (Å²) < 4.78 is 11.3. The molecule has 1 N–H and O–H groups in total. The van der Waals surface area contributed by atoms with E-state index in [1.54, 1.807) is 12.1 Å². The fourth-order valence-electron chi connectivity index (χ4n) is 4.61. The summed E-state index contributed by atoms with van der Waals surface area (Å²) >= 11 is 0. The van der Waals surface area contributed by atoms with Gasteiger partial charge in [0.25, 0.3) is 0 Å². The maximum Gasteiger partial charge on any atom is 0.343 e. The maximum absolute atomic E-state index is 12.5. The molecular formula is C28H38O4. The Hall–Kier alpha value is -2.33. The highest BCUT2D eigenvalue weighted by molar-refractivity contribution is 5.91. The predicted molar refractivity (Wildman–Crippen MR) is 128 cm³/mol. The molecule has 4 nitrogen and oxygen atoms in total. The van der Waals surface area contributed by atoms with E-state index in [9.17, 15) is 4.79 Å². The van der Waals surface area contributed by atoms with Crippen LogP contribution < -0.4 is 9.47 Å². The lowest BCUT2D eigenvalue weighted by atomic mass is 9.77. The summed E-state index contributed by atoms with van der Waals surface area (Å²) in [5.41, 5.74) is 1.87. The Morgan fingerprint density at radius 3 is 2.19 bits per heavy atom. The lowest BCUT2D eigenvalue weighted by molar-refractivity contribution is 0.0734. The van der Waals surface area contributed by atoms with Gasteiger partial charge in [0.15, 0.2) is 0 Å². The van der Waals surface area contributed by atoms with Gasteiger partial charge < -0.3 is 14.6 Å². The van der Waals surface area contributed by atoms with Crippen molar-refractivity contribution < 1.29 is 19.4 Å². The molecule has 3 rings (SSSR count). The number of unbranched alkanes of at least 4 members (excludes halogenated alkanes) is 3. The molecule has 0 aliphatic heterocycles. The van der Waals surface area contributed by atoms with Crippen LogP contribution in [0.4, 0.5) is 0 Å². The van der Waals surface area contributed by atoms with Crippen molar-refractivity contribution in [3.05, 3.63) is 59.7 Å². The van der Waals surface area contributed by atoms with Crippen molar-refractivity contribution in [3.63, 3.8) is 0 Å². The average Bonchev–Trinajstić information content (AvgIpc) is 2.83. The highest BCUT2D eigenvalue weighted by Crippen LogP contribution is 2.37. The van der Waals surface area contributed by atoms with Crippen molar-refractivity contribution in [1.29, 1.82) is 0 Å². The van der Waals surface area contributed by atoms with Gasteiger partial charge in [-0.05, 0) is 98.7 Å². The Bertz CT molecular complexity index is 789. The minimum Gasteiger partial charge on any atom is -0.494 e.